The van der Waals surface area contributed by atoms with E-state index in [1.165, 1.54) is 12.1 Å². The summed E-state index contributed by atoms with van der Waals surface area (Å²) in [7, 11) is -4.21. The van der Waals surface area contributed by atoms with Crippen molar-refractivity contribution in [3.05, 3.63) is 36.0 Å². The van der Waals surface area contributed by atoms with E-state index in [9.17, 15) is 18.0 Å². The standard InChI is InChI=1S/C22H29N5O5S/c1-13-10-17(25-20(23)24-13)15-6-5-7-16(12-15)33(30,31)27-19(28)18(11-14-8-9-14)26-21(29)32-22(2,3)4/h5-7,10,12,14,18H,8-9,11H2,1-4H3,(H,26,29)(H,27,28)(H2,23,24,25)/t18-/m0/s1. The molecule has 1 aliphatic carbocycles. The normalized spacial score (nSPS) is 14.9. The van der Waals surface area contributed by atoms with Crippen LogP contribution in [0, 0.1) is 12.8 Å². The second-order valence-corrected chi connectivity index (χ2v) is 10.8. The molecule has 2 aromatic rings. The van der Waals surface area contributed by atoms with Crippen molar-refractivity contribution in [1.82, 2.24) is 20.0 Å². The van der Waals surface area contributed by atoms with Crippen LogP contribution >= 0.6 is 0 Å². The zero-order chi connectivity index (χ0) is 24.4. The summed E-state index contributed by atoms with van der Waals surface area (Å²) in [4.78, 5) is 33.1. The molecule has 0 spiro atoms. The Balaban J connectivity index is 1.78. The Bertz CT molecular complexity index is 1140. The number of alkyl carbamates (subject to hydrolysis) is 1. The van der Waals surface area contributed by atoms with Gasteiger partial charge in [-0.05, 0) is 58.2 Å². The molecule has 1 aromatic carbocycles. The van der Waals surface area contributed by atoms with E-state index in [-0.39, 0.29) is 16.8 Å². The van der Waals surface area contributed by atoms with Gasteiger partial charge >= 0.3 is 6.09 Å². The number of amides is 2. The van der Waals surface area contributed by atoms with Crippen molar-refractivity contribution in [2.75, 3.05) is 5.73 Å². The molecule has 33 heavy (non-hydrogen) atoms. The number of sulfonamides is 1. The molecule has 10 nitrogen and oxygen atoms in total. The average Bonchev–Trinajstić information content (AvgIpc) is 3.49. The number of ether oxygens (including phenoxy) is 1. The molecule has 2 amide bonds. The van der Waals surface area contributed by atoms with Crippen LogP contribution in [0.4, 0.5) is 10.7 Å². The highest BCUT2D eigenvalue weighted by Crippen LogP contribution is 2.33. The predicted molar refractivity (Wildman–Crippen MR) is 122 cm³/mol. The monoisotopic (exact) mass is 475 g/mol. The van der Waals surface area contributed by atoms with E-state index in [0.717, 1.165) is 12.8 Å². The first kappa shape index (κ1) is 24.4. The number of carbonyl (C=O) groups is 2. The molecule has 0 bridgehead atoms. The third-order valence-corrected chi connectivity index (χ3v) is 6.16. The maximum absolute atomic E-state index is 12.9. The fourth-order valence-electron chi connectivity index (χ4n) is 3.19. The molecule has 3 rings (SSSR count). The van der Waals surface area contributed by atoms with Gasteiger partial charge < -0.3 is 15.8 Å². The quantitative estimate of drug-likeness (QED) is 0.552. The number of benzene rings is 1. The summed E-state index contributed by atoms with van der Waals surface area (Å²) in [5.41, 5.74) is 6.55. The summed E-state index contributed by atoms with van der Waals surface area (Å²) in [6.45, 7) is 6.85. The van der Waals surface area contributed by atoms with Gasteiger partial charge in [-0.1, -0.05) is 25.0 Å². The highest BCUT2D eigenvalue weighted by molar-refractivity contribution is 7.90. The first-order chi connectivity index (χ1) is 15.3. The molecule has 0 radical (unpaired) electrons. The number of nitrogens with two attached hydrogens (primary N) is 1. The molecule has 0 aliphatic heterocycles. The summed E-state index contributed by atoms with van der Waals surface area (Å²) < 4.78 is 33.2. The van der Waals surface area contributed by atoms with Crippen LogP contribution in [0.5, 0.6) is 0 Å². The lowest BCUT2D eigenvalue weighted by Crippen LogP contribution is -2.49. The Morgan fingerprint density at radius 1 is 1.21 bits per heavy atom. The van der Waals surface area contributed by atoms with Crippen molar-refractivity contribution in [2.24, 2.45) is 5.92 Å². The van der Waals surface area contributed by atoms with E-state index < -0.39 is 33.7 Å². The maximum Gasteiger partial charge on any atom is 0.408 e. The predicted octanol–water partition coefficient (Wildman–Crippen LogP) is 2.53. The smallest absolute Gasteiger partial charge is 0.408 e. The molecule has 178 valence electrons. The number of hydrogen-bond acceptors (Lipinski definition) is 8. The van der Waals surface area contributed by atoms with Crippen molar-refractivity contribution in [3.63, 3.8) is 0 Å². The van der Waals surface area contributed by atoms with Crippen molar-refractivity contribution in [3.8, 4) is 11.3 Å². The largest absolute Gasteiger partial charge is 0.444 e. The summed E-state index contributed by atoms with van der Waals surface area (Å²) >= 11 is 0. The topological polar surface area (TPSA) is 153 Å². The van der Waals surface area contributed by atoms with Crippen LogP contribution < -0.4 is 15.8 Å². The van der Waals surface area contributed by atoms with Crippen LogP contribution in [-0.2, 0) is 19.6 Å². The van der Waals surface area contributed by atoms with E-state index in [2.05, 4.69) is 20.0 Å². The first-order valence-electron chi connectivity index (χ1n) is 10.6. The van der Waals surface area contributed by atoms with Gasteiger partial charge in [-0.3, -0.25) is 4.79 Å². The van der Waals surface area contributed by atoms with Crippen molar-refractivity contribution >= 4 is 28.0 Å². The molecule has 1 heterocycles. The van der Waals surface area contributed by atoms with Gasteiger partial charge in [-0.2, -0.15) is 0 Å². The lowest BCUT2D eigenvalue weighted by atomic mass is 10.1. The van der Waals surface area contributed by atoms with Crippen LogP contribution in [0.1, 0.15) is 45.7 Å². The minimum absolute atomic E-state index is 0.0719. The van der Waals surface area contributed by atoms with E-state index in [1.807, 2.05) is 0 Å². The van der Waals surface area contributed by atoms with Crippen LogP contribution in [0.15, 0.2) is 35.2 Å². The minimum Gasteiger partial charge on any atom is -0.444 e. The van der Waals surface area contributed by atoms with E-state index in [4.69, 9.17) is 10.5 Å². The van der Waals surface area contributed by atoms with Gasteiger partial charge in [0, 0.05) is 11.3 Å². The Hall–Kier alpha value is -3.21. The van der Waals surface area contributed by atoms with E-state index in [0.29, 0.717) is 23.4 Å². The Morgan fingerprint density at radius 3 is 2.52 bits per heavy atom. The van der Waals surface area contributed by atoms with Crippen molar-refractivity contribution < 1.29 is 22.7 Å². The molecule has 0 unspecified atom stereocenters. The highest BCUT2D eigenvalue weighted by atomic mass is 32.2. The van der Waals surface area contributed by atoms with Crippen LogP contribution in [0.2, 0.25) is 0 Å². The minimum atomic E-state index is -4.21. The van der Waals surface area contributed by atoms with Crippen molar-refractivity contribution in [2.45, 2.75) is 63.5 Å². The second-order valence-electron chi connectivity index (χ2n) is 9.13. The fourth-order valence-corrected chi connectivity index (χ4v) is 4.26. The number of nitrogen functional groups attached to an aromatic ring is 1. The molecule has 1 atom stereocenters. The second kappa shape index (κ2) is 9.34. The first-order valence-corrected chi connectivity index (χ1v) is 12.1. The van der Waals surface area contributed by atoms with Gasteiger partial charge in [-0.25, -0.2) is 27.9 Å². The van der Waals surface area contributed by atoms with Gasteiger partial charge in [0.25, 0.3) is 15.9 Å². The summed E-state index contributed by atoms with van der Waals surface area (Å²) in [6.07, 6.45) is 1.41. The van der Waals surface area contributed by atoms with Gasteiger partial charge in [0.1, 0.15) is 11.6 Å². The Kier molecular flexibility index (Phi) is 6.92. The third kappa shape index (κ3) is 7.14. The summed E-state index contributed by atoms with van der Waals surface area (Å²) in [5, 5.41) is 2.50. The Labute approximate surface area is 193 Å². The lowest BCUT2D eigenvalue weighted by molar-refractivity contribution is -0.121. The van der Waals surface area contributed by atoms with Gasteiger partial charge in [0.05, 0.1) is 10.6 Å². The maximum atomic E-state index is 12.9. The number of carbonyl (C=O) groups excluding carboxylic acids is 2. The summed E-state index contributed by atoms with van der Waals surface area (Å²) in [6, 6.07) is 6.64. The molecule has 4 N–H and O–H groups in total. The molecular weight excluding hydrogens is 446 g/mol. The number of rotatable bonds is 7. The fraction of sp³-hybridized carbons (Fsp3) is 0.455. The number of aromatic nitrogens is 2. The van der Waals surface area contributed by atoms with E-state index >= 15 is 0 Å². The zero-order valence-electron chi connectivity index (χ0n) is 19.1. The number of hydrogen-bond donors (Lipinski definition) is 3. The SMILES string of the molecule is Cc1cc(-c2cccc(S(=O)(=O)NC(=O)[C@H](CC3CC3)NC(=O)OC(C)(C)C)c2)nc(N)n1. The van der Waals surface area contributed by atoms with Gasteiger partial charge in [0.2, 0.25) is 5.95 Å². The van der Waals surface area contributed by atoms with Gasteiger partial charge in [-0.15, -0.1) is 0 Å². The zero-order valence-corrected chi connectivity index (χ0v) is 19.9. The van der Waals surface area contributed by atoms with E-state index in [1.54, 1.807) is 45.9 Å². The van der Waals surface area contributed by atoms with Gasteiger partial charge in [0.15, 0.2) is 0 Å². The molecule has 1 fully saturated rings. The number of anilines is 1. The third-order valence-electron chi connectivity index (χ3n) is 4.82. The van der Waals surface area contributed by atoms with Crippen molar-refractivity contribution in [1.29, 1.82) is 0 Å². The number of nitrogens with one attached hydrogen (secondary N) is 2. The number of nitrogens with zero attached hydrogens (tertiary/aromatic N) is 2. The highest BCUT2D eigenvalue weighted by Gasteiger charge is 2.33. The average molecular weight is 476 g/mol. The van der Waals surface area contributed by atoms with Crippen LogP contribution in [-0.4, -0.2) is 42.0 Å². The lowest BCUT2D eigenvalue weighted by Gasteiger charge is -2.23. The molecule has 0 saturated heterocycles. The Morgan fingerprint density at radius 2 is 1.91 bits per heavy atom. The molecule has 11 heteroatoms. The summed E-state index contributed by atoms with van der Waals surface area (Å²) in [5.74, 6) is -0.490. The molecular formula is C22H29N5O5S. The number of aryl methyl sites for hydroxylation is 1. The molecule has 1 saturated carbocycles. The molecule has 1 aromatic heterocycles. The van der Waals surface area contributed by atoms with Crippen LogP contribution in [0.3, 0.4) is 0 Å². The van der Waals surface area contributed by atoms with Crippen LogP contribution in [0.25, 0.3) is 11.3 Å². The molecule has 1 aliphatic rings.